The molecule has 2 aromatic rings. The Morgan fingerprint density at radius 2 is 1.95 bits per heavy atom. The lowest BCUT2D eigenvalue weighted by Crippen LogP contribution is -2.19. The average Bonchev–Trinajstić information content (AvgIpc) is 2.45. The van der Waals surface area contributed by atoms with E-state index in [2.05, 4.69) is 27.3 Å². The highest BCUT2D eigenvalue weighted by Crippen LogP contribution is 2.34. The van der Waals surface area contributed by atoms with Crippen molar-refractivity contribution in [1.29, 1.82) is 0 Å². The topological polar surface area (TPSA) is 21.3 Å². The minimum atomic E-state index is -0.255. The number of hydrogen-bond donors (Lipinski definition) is 1. The summed E-state index contributed by atoms with van der Waals surface area (Å²) in [6, 6.07) is 10.8. The third kappa shape index (κ3) is 3.63. The third-order valence-electron chi connectivity index (χ3n) is 3.34. The third-order valence-corrected chi connectivity index (χ3v) is 4.03. The van der Waals surface area contributed by atoms with Gasteiger partial charge >= 0.3 is 0 Å². The van der Waals surface area contributed by atoms with Crippen LogP contribution >= 0.6 is 15.9 Å². The van der Waals surface area contributed by atoms with Gasteiger partial charge in [0.1, 0.15) is 11.6 Å². The highest BCUT2D eigenvalue weighted by molar-refractivity contribution is 9.10. The van der Waals surface area contributed by atoms with Crippen LogP contribution in [-0.2, 0) is 0 Å². The van der Waals surface area contributed by atoms with Crippen molar-refractivity contribution < 1.29 is 9.13 Å². The zero-order valence-corrected chi connectivity index (χ0v) is 14.0. The molecule has 0 aliphatic heterocycles. The zero-order chi connectivity index (χ0) is 15.4. The number of nitrogens with one attached hydrogen (secondary N) is 1. The Bertz CT molecular complexity index is 630. The maximum atomic E-state index is 13.3. The molecule has 0 saturated heterocycles. The van der Waals surface area contributed by atoms with Gasteiger partial charge in [0, 0.05) is 10.0 Å². The first-order valence-electron chi connectivity index (χ1n) is 6.92. The highest BCUT2D eigenvalue weighted by Gasteiger charge is 2.19. The van der Waals surface area contributed by atoms with Gasteiger partial charge in [0.2, 0.25) is 0 Å². The predicted octanol–water partition coefficient (Wildman–Crippen LogP) is 4.60. The summed E-state index contributed by atoms with van der Waals surface area (Å²) in [5.74, 6) is 0.591. The molecule has 1 atom stereocenters. The van der Waals surface area contributed by atoms with E-state index in [9.17, 15) is 4.39 Å². The van der Waals surface area contributed by atoms with Crippen LogP contribution in [0.5, 0.6) is 5.75 Å². The summed E-state index contributed by atoms with van der Waals surface area (Å²) >= 11 is 3.45. The number of benzene rings is 2. The summed E-state index contributed by atoms with van der Waals surface area (Å²) in [4.78, 5) is 0. The monoisotopic (exact) mass is 351 g/mol. The van der Waals surface area contributed by atoms with E-state index in [-0.39, 0.29) is 11.9 Å². The fourth-order valence-corrected chi connectivity index (χ4v) is 2.97. The molecule has 21 heavy (non-hydrogen) atoms. The van der Waals surface area contributed by atoms with E-state index in [0.717, 1.165) is 26.9 Å². The molecule has 0 fully saturated rings. The number of halogens is 2. The van der Waals surface area contributed by atoms with Crippen molar-refractivity contribution in [3.05, 3.63) is 63.4 Å². The normalized spacial score (nSPS) is 12.2. The molecule has 112 valence electrons. The number of rotatable bonds is 5. The minimum absolute atomic E-state index is 0.0681. The summed E-state index contributed by atoms with van der Waals surface area (Å²) in [6.45, 7) is 4.62. The summed E-state index contributed by atoms with van der Waals surface area (Å²) in [5.41, 5.74) is 3.18. The molecule has 2 aromatic carbocycles. The number of aryl methyl sites for hydroxylation is 1. The summed E-state index contributed by atoms with van der Waals surface area (Å²) in [5, 5.41) is 3.29. The summed E-state index contributed by atoms with van der Waals surface area (Å²) in [6.07, 6.45) is 0. The molecule has 0 heterocycles. The van der Waals surface area contributed by atoms with Crippen LogP contribution in [0.2, 0.25) is 0 Å². The van der Waals surface area contributed by atoms with Gasteiger partial charge in [0.05, 0.1) is 12.6 Å². The maximum Gasteiger partial charge on any atom is 0.124 e. The molecular weight excluding hydrogens is 333 g/mol. The lowest BCUT2D eigenvalue weighted by molar-refractivity contribution is 0.334. The molecule has 0 aliphatic rings. The molecule has 0 saturated carbocycles. The van der Waals surface area contributed by atoms with Gasteiger partial charge in [0.15, 0.2) is 0 Å². The van der Waals surface area contributed by atoms with Crippen LogP contribution in [0.25, 0.3) is 0 Å². The van der Waals surface area contributed by atoms with Gasteiger partial charge < -0.3 is 10.1 Å². The van der Waals surface area contributed by atoms with Crippen LogP contribution in [0.1, 0.15) is 29.7 Å². The Hall–Kier alpha value is -1.39. The molecule has 2 rings (SSSR count). The number of ether oxygens (including phenoxy) is 1. The molecule has 0 radical (unpaired) electrons. The van der Waals surface area contributed by atoms with Crippen LogP contribution < -0.4 is 10.1 Å². The van der Waals surface area contributed by atoms with Crippen molar-refractivity contribution >= 4 is 15.9 Å². The van der Waals surface area contributed by atoms with Crippen molar-refractivity contribution in [3.63, 3.8) is 0 Å². The quantitative estimate of drug-likeness (QED) is 0.849. The van der Waals surface area contributed by atoms with Gasteiger partial charge in [-0.15, -0.1) is 0 Å². The minimum Gasteiger partial charge on any atom is -0.494 e. The lowest BCUT2D eigenvalue weighted by Gasteiger charge is -2.22. The molecule has 0 aromatic heterocycles. The molecule has 0 bridgehead atoms. The second kappa shape index (κ2) is 7.05. The average molecular weight is 352 g/mol. The Kier molecular flexibility index (Phi) is 5.37. The fourth-order valence-electron chi connectivity index (χ4n) is 2.39. The molecule has 1 N–H and O–H groups in total. The molecule has 0 spiro atoms. The van der Waals surface area contributed by atoms with Gasteiger partial charge in [0.25, 0.3) is 0 Å². The van der Waals surface area contributed by atoms with E-state index in [4.69, 9.17) is 4.74 Å². The van der Waals surface area contributed by atoms with Gasteiger partial charge in [-0.3, -0.25) is 0 Å². The van der Waals surface area contributed by atoms with E-state index < -0.39 is 0 Å². The maximum absolute atomic E-state index is 13.3. The molecule has 0 amide bonds. The number of hydrogen-bond acceptors (Lipinski definition) is 2. The lowest BCUT2D eigenvalue weighted by atomic mass is 9.96. The Labute approximate surface area is 133 Å². The van der Waals surface area contributed by atoms with E-state index in [1.165, 1.54) is 12.1 Å². The first kappa shape index (κ1) is 16.0. The van der Waals surface area contributed by atoms with Crippen LogP contribution in [0.3, 0.4) is 0 Å². The van der Waals surface area contributed by atoms with Gasteiger partial charge in [-0.05, 0) is 44.7 Å². The van der Waals surface area contributed by atoms with Crippen molar-refractivity contribution in [1.82, 2.24) is 5.32 Å². The fraction of sp³-hybridized carbons (Fsp3) is 0.294. The van der Waals surface area contributed by atoms with E-state index in [1.807, 2.05) is 33.0 Å². The highest BCUT2D eigenvalue weighted by atomic mass is 79.9. The standard InChI is InChI=1S/C17H19BrFNO/c1-4-21-16-8-5-11(2)9-14(16)17(20-3)13-7-6-12(19)10-15(13)18/h5-10,17,20H,4H2,1-3H3. The first-order chi connectivity index (χ1) is 10.1. The molecule has 4 heteroatoms. The zero-order valence-electron chi connectivity index (χ0n) is 12.4. The van der Waals surface area contributed by atoms with Crippen LogP contribution in [-0.4, -0.2) is 13.7 Å². The van der Waals surface area contributed by atoms with Crippen molar-refractivity contribution in [2.24, 2.45) is 0 Å². The van der Waals surface area contributed by atoms with Crippen molar-refractivity contribution in [2.45, 2.75) is 19.9 Å². The first-order valence-corrected chi connectivity index (χ1v) is 7.71. The van der Waals surface area contributed by atoms with Crippen LogP contribution in [0.15, 0.2) is 40.9 Å². The van der Waals surface area contributed by atoms with Crippen molar-refractivity contribution in [3.8, 4) is 5.75 Å². The molecule has 2 nitrogen and oxygen atoms in total. The van der Waals surface area contributed by atoms with Crippen molar-refractivity contribution in [2.75, 3.05) is 13.7 Å². The van der Waals surface area contributed by atoms with Gasteiger partial charge in [-0.25, -0.2) is 4.39 Å². The largest absolute Gasteiger partial charge is 0.494 e. The second-order valence-corrected chi connectivity index (χ2v) is 5.72. The second-order valence-electron chi connectivity index (χ2n) is 4.86. The smallest absolute Gasteiger partial charge is 0.124 e. The SMILES string of the molecule is CCOc1ccc(C)cc1C(NC)c1ccc(F)cc1Br. The van der Waals surface area contributed by atoms with E-state index in [1.54, 1.807) is 6.07 Å². The molecule has 1 unspecified atom stereocenters. The van der Waals surface area contributed by atoms with E-state index in [0.29, 0.717) is 6.61 Å². The summed E-state index contributed by atoms with van der Waals surface area (Å²) < 4.78 is 19.8. The van der Waals surface area contributed by atoms with E-state index >= 15 is 0 Å². The van der Waals surface area contributed by atoms with Crippen LogP contribution in [0.4, 0.5) is 4.39 Å². The Balaban J connectivity index is 2.52. The summed E-state index contributed by atoms with van der Waals surface area (Å²) in [7, 11) is 1.89. The van der Waals surface area contributed by atoms with Crippen LogP contribution in [0, 0.1) is 12.7 Å². The molecule has 0 aliphatic carbocycles. The Morgan fingerprint density at radius 1 is 1.19 bits per heavy atom. The molecular formula is C17H19BrFNO. The van der Waals surface area contributed by atoms with Gasteiger partial charge in [-0.1, -0.05) is 39.7 Å². The Morgan fingerprint density at radius 3 is 2.57 bits per heavy atom. The predicted molar refractivity (Wildman–Crippen MR) is 87.4 cm³/mol. The van der Waals surface area contributed by atoms with Gasteiger partial charge in [-0.2, -0.15) is 0 Å².